The summed E-state index contributed by atoms with van der Waals surface area (Å²) < 4.78 is 17.4. The molecule has 0 fully saturated rings. The summed E-state index contributed by atoms with van der Waals surface area (Å²) >= 11 is 1.68. The molecule has 1 heterocycles. The number of hydrogen-bond acceptors (Lipinski definition) is 6. The molecule has 0 aliphatic heterocycles. The van der Waals surface area contributed by atoms with Crippen LogP contribution in [0.1, 0.15) is 17.4 Å². The third-order valence-corrected chi connectivity index (χ3v) is 2.85. The first kappa shape index (κ1) is 18.0. The van der Waals surface area contributed by atoms with Gasteiger partial charge in [0.25, 0.3) is 0 Å². The smallest absolute Gasteiger partial charge is 0.244 e. The van der Waals surface area contributed by atoms with Crippen LogP contribution in [0.5, 0.6) is 0 Å². The maximum absolute atomic E-state index is 11.0. The molecule has 0 radical (unpaired) electrons. The van der Waals surface area contributed by atoms with Crippen LogP contribution in [-0.2, 0) is 20.8 Å². The van der Waals surface area contributed by atoms with E-state index in [1.54, 1.807) is 40.4 Å². The fraction of sp³-hybridized carbons (Fsp3) is 0.615. The molecule has 1 aromatic rings. The van der Waals surface area contributed by atoms with Crippen molar-refractivity contribution in [3.8, 4) is 11.8 Å². The third kappa shape index (κ3) is 8.77. The highest BCUT2D eigenvalue weighted by atomic mass is 127. The normalized spacial score (nSPS) is 10.2. The molecular weight excluding hydrogens is 389 g/mol. The Balaban J connectivity index is 1.92. The van der Waals surface area contributed by atoms with Gasteiger partial charge in [-0.1, -0.05) is 11.1 Å². The molecule has 0 amide bonds. The maximum Gasteiger partial charge on any atom is 0.244 e. The number of rotatable bonds is 11. The van der Waals surface area contributed by atoms with E-state index in [-0.39, 0.29) is 3.79 Å². The average molecular weight is 407 g/mol. The quantitative estimate of drug-likeness (QED) is 0.235. The molecule has 0 bridgehead atoms. The Kier molecular flexibility index (Phi) is 9.98. The van der Waals surface area contributed by atoms with Crippen molar-refractivity contribution in [1.29, 1.82) is 0 Å². The van der Waals surface area contributed by atoms with Crippen molar-refractivity contribution in [2.45, 2.75) is 13.5 Å². The summed E-state index contributed by atoms with van der Waals surface area (Å²) in [6.07, 6.45) is 1.60. The Morgan fingerprint density at radius 3 is 2.52 bits per heavy atom. The molecule has 21 heavy (non-hydrogen) atoms. The lowest BCUT2D eigenvalue weighted by Gasteiger charge is -2.05. The fourth-order valence-electron chi connectivity index (χ4n) is 1.29. The Hall–Kier alpha value is -1.02. The summed E-state index contributed by atoms with van der Waals surface area (Å²) in [5, 5.41) is 7.56. The summed E-state index contributed by atoms with van der Waals surface area (Å²) in [7, 11) is 0. The largest absolute Gasteiger partial charge is 0.377 e. The molecule has 1 rings (SSSR count). The molecule has 0 saturated heterocycles. The van der Waals surface area contributed by atoms with E-state index in [9.17, 15) is 4.79 Å². The first-order valence-corrected chi connectivity index (χ1v) is 7.54. The van der Waals surface area contributed by atoms with Crippen LogP contribution in [0, 0.1) is 11.8 Å². The van der Waals surface area contributed by atoms with Crippen molar-refractivity contribution in [2.75, 3.05) is 39.6 Å². The van der Waals surface area contributed by atoms with Gasteiger partial charge in [-0.15, -0.1) is 11.0 Å². The molecule has 0 atom stereocenters. The predicted molar refractivity (Wildman–Crippen MR) is 84.3 cm³/mol. The Morgan fingerprint density at radius 2 is 1.90 bits per heavy atom. The van der Waals surface area contributed by atoms with Crippen molar-refractivity contribution < 1.29 is 19.0 Å². The number of hydrogen-bond donors (Lipinski definition) is 0. The van der Waals surface area contributed by atoms with Gasteiger partial charge >= 0.3 is 0 Å². The fourth-order valence-corrected chi connectivity index (χ4v) is 1.54. The molecule has 0 saturated carbocycles. The zero-order valence-electron chi connectivity index (χ0n) is 11.9. The van der Waals surface area contributed by atoms with Crippen LogP contribution in [0.15, 0.2) is 6.20 Å². The van der Waals surface area contributed by atoms with E-state index >= 15 is 0 Å². The zero-order chi connectivity index (χ0) is 15.3. The number of halogens is 1. The van der Waals surface area contributed by atoms with E-state index < -0.39 is 0 Å². The van der Waals surface area contributed by atoms with Crippen molar-refractivity contribution in [3.63, 3.8) is 0 Å². The second-order valence-corrected chi connectivity index (χ2v) is 4.82. The topological polar surface area (TPSA) is 75.5 Å². The van der Waals surface area contributed by atoms with Crippen molar-refractivity contribution in [3.05, 3.63) is 11.9 Å². The van der Waals surface area contributed by atoms with Gasteiger partial charge in [0.2, 0.25) is 3.79 Å². The van der Waals surface area contributed by atoms with Crippen LogP contribution >= 0.6 is 22.6 Å². The Bertz CT molecular complexity index is 481. The van der Waals surface area contributed by atoms with Crippen molar-refractivity contribution >= 4 is 26.4 Å². The van der Waals surface area contributed by atoms with Crippen molar-refractivity contribution in [1.82, 2.24) is 15.0 Å². The highest BCUT2D eigenvalue weighted by Gasteiger charge is 2.06. The minimum Gasteiger partial charge on any atom is -0.377 e. The minimum absolute atomic E-state index is 0.125. The zero-order valence-corrected chi connectivity index (χ0v) is 14.0. The lowest BCUT2D eigenvalue weighted by Crippen LogP contribution is -2.12. The van der Waals surface area contributed by atoms with E-state index in [2.05, 4.69) is 22.2 Å². The molecule has 8 heteroatoms. The predicted octanol–water partition coefficient (Wildman–Crippen LogP) is 0.926. The van der Waals surface area contributed by atoms with Gasteiger partial charge in [-0.05, 0) is 6.92 Å². The molecular formula is C13H18IN3O4. The molecule has 0 unspecified atom stereocenters. The first-order chi connectivity index (χ1) is 10.2. The summed E-state index contributed by atoms with van der Waals surface area (Å²) in [5.74, 6) is 5.55. The Morgan fingerprint density at radius 1 is 1.24 bits per heavy atom. The van der Waals surface area contributed by atoms with E-state index in [0.29, 0.717) is 51.9 Å². The monoisotopic (exact) mass is 407 g/mol. The van der Waals surface area contributed by atoms with Gasteiger partial charge in [0.15, 0.2) is 5.69 Å². The summed E-state index contributed by atoms with van der Waals surface area (Å²) in [5.41, 5.74) is 0.353. The van der Waals surface area contributed by atoms with Gasteiger partial charge in [0.05, 0.1) is 45.8 Å². The van der Waals surface area contributed by atoms with Crippen LogP contribution in [0.3, 0.4) is 0 Å². The molecule has 7 nitrogen and oxygen atoms in total. The van der Waals surface area contributed by atoms with E-state index in [1.807, 2.05) is 0 Å². The number of ether oxygens (including phenoxy) is 3. The highest BCUT2D eigenvalue weighted by molar-refractivity contribution is 14.1. The Labute approximate surface area is 137 Å². The molecule has 0 spiro atoms. The highest BCUT2D eigenvalue weighted by Crippen LogP contribution is 2.00. The van der Waals surface area contributed by atoms with E-state index in [1.165, 1.54) is 0 Å². The molecule has 0 N–H and O–H groups in total. The molecule has 0 aromatic carbocycles. The lowest BCUT2D eigenvalue weighted by atomic mass is 10.5. The third-order valence-electron chi connectivity index (χ3n) is 2.30. The minimum atomic E-state index is -0.125. The number of aromatic nitrogens is 3. The second-order valence-electron chi connectivity index (χ2n) is 3.84. The van der Waals surface area contributed by atoms with Crippen LogP contribution in [0.2, 0.25) is 0 Å². The van der Waals surface area contributed by atoms with E-state index in [0.717, 1.165) is 0 Å². The summed E-state index contributed by atoms with van der Waals surface area (Å²) in [6.45, 7) is 5.33. The molecule has 1 aromatic heterocycles. The lowest BCUT2D eigenvalue weighted by molar-refractivity contribution is 0.0181. The van der Waals surface area contributed by atoms with Crippen LogP contribution in [-0.4, -0.2) is 58.4 Å². The van der Waals surface area contributed by atoms with Gasteiger partial charge in [-0.25, -0.2) is 4.68 Å². The first-order valence-electron chi connectivity index (χ1n) is 6.47. The van der Waals surface area contributed by atoms with Crippen LogP contribution < -0.4 is 0 Å². The maximum atomic E-state index is 11.0. The van der Waals surface area contributed by atoms with Crippen LogP contribution in [0.25, 0.3) is 0 Å². The van der Waals surface area contributed by atoms with Crippen LogP contribution in [0.4, 0.5) is 0 Å². The average Bonchev–Trinajstić information content (AvgIpc) is 2.94. The van der Waals surface area contributed by atoms with Gasteiger partial charge in [-0.3, -0.25) is 4.79 Å². The second kappa shape index (κ2) is 11.6. The molecule has 116 valence electrons. The summed E-state index contributed by atoms with van der Waals surface area (Å²) in [4.78, 5) is 11.0. The SMILES string of the molecule is CC#CCOCCOCCOCCn1cc(C(=O)I)nn1. The number of carbonyl (C=O) groups is 1. The summed E-state index contributed by atoms with van der Waals surface area (Å²) in [6, 6.07) is 0. The number of nitrogens with zero attached hydrogens (tertiary/aromatic N) is 3. The number of carbonyl (C=O) groups excluding carboxylic acids is 1. The molecule has 0 aliphatic carbocycles. The van der Waals surface area contributed by atoms with Gasteiger partial charge < -0.3 is 14.2 Å². The molecule has 0 aliphatic rings. The standard InChI is InChI=1S/C13H18IN3O4/c1-2-3-5-19-7-9-21-10-8-20-6-4-17-11-12(13(14)18)15-16-17/h11H,4-10H2,1H3. The van der Waals surface area contributed by atoms with Gasteiger partial charge in [-0.2, -0.15) is 0 Å². The van der Waals surface area contributed by atoms with Crippen molar-refractivity contribution in [2.24, 2.45) is 0 Å². The van der Waals surface area contributed by atoms with Gasteiger partial charge in [0.1, 0.15) is 6.61 Å². The van der Waals surface area contributed by atoms with E-state index in [4.69, 9.17) is 14.2 Å². The van der Waals surface area contributed by atoms with Gasteiger partial charge in [0, 0.05) is 22.6 Å².